The van der Waals surface area contributed by atoms with Gasteiger partial charge in [-0.05, 0) is 95.2 Å². The zero-order valence-corrected chi connectivity index (χ0v) is 27.6. The van der Waals surface area contributed by atoms with Gasteiger partial charge in [-0.25, -0.2) is 0 Å². The molecular weight excluding hydrogens is 556 g/mol. The summed E-state index contributed by atoms with van der Waals surface area (Å²) < 4.78 is 34.8. The lowest BCUT2D eigenvalue weighted by atomic mass is 9.67. The number of fused-ring (bicyclic) bond motifs is 2. The van der Waals surface area contributed by atoms with Crippen LogP contribution in [0.2, 0.25) is 0 Å². The van der Waals surface area contributed by atoms with Crippen LogP contribution in [-0.4, -0.2) is 47.6 Å². The fourth-order valence-electron chi connectivity index (χ4n) is 6.36. The van der Waals surface area contributed by atoms with Gasteiger partial charge >= 0.3 is 5.97 Å². The molecule has 0 radical (unpaired) electrons. The van der Waals surface area contributed by atoms with Crippen LogP contribution in [0, 0.1) is 11.8 Å². The van der Waals surface area contributed by atoms with Crippen molar-refractivity contribution in [2.24, 2.45) is 11.8 Å². The number of ether oxygens (including phenoxy) is 6. The lowest BCUT2D eigenvalue weighted by Gasteiger charge is -2.35. The molecule has 2 aromatic carbocycles. The first kappa shape index (κ1) is 33.0. The van der Waals surface area contributed by atoms with Crippen LogP contribution in [0.4, 0.5) is 0 Å². The molecule has 0 N–H and O–H groups in total. The molecule has 1 fully saturated rings. The monoisotopic (exact) mass is 604 g/mol. The minimum absolute atomic E-state index is 0.0461. The molecule has 0 amide bonds. The van der Waals surface area contributed by atoms with Crippen molar-refractivity contribution in [3.05, 3.63) is 75.9 Å². The Balaban J connectivity index is 1.58. The smallest absolute Gasteiger partial charge is 0.310 e. The standard InChI is InChI=1S/C37H48O7/c1-23(2)11-9-12-24(3)13-10-14-25(4)17-18-43-30-20-26(15-16-29(30)39-5)32-33-27(19-28-22-44-37(38)34(28)32)21-31(40-6)35(41-7)36(33)42-8/h11,13,15-17,20-21,28,32,34H,9-10,12,14,18-19,22H2,1-8H3/b24-13+,25-17+/t28-,32-,34-/m0/s1. The van der Waals surface area contributed by atoms with Gasteiger partial charge in [-0.3, -0.25) is 4.79 Å². The third-order valence-electron chi connectivity index (χ3n) is 8.67. The molecule has 2 aliphatic rings. The topological polar surface area (TPSA) is 72.5 Å². The van der Waals surface area contributed by atoms with Gasteiger partial charge in [-0.2, -0.15) is 0 Å². The van der Waals surface area contributed by atoms with Gasteiger partial charge in [-0.1, -0.05) is 34.9 Å². The SMILES string of the molecule is COc1ccc([C@H]2c3c(cc(OC)c(OC)c3OC)C[C@H]3COC(=O)[C@@H]32)cc1OC/C=C(\C)CC/C=C(\C)CCC=C(C)C. The normalized spacial score (nSPS) is 19.5. The van der Waals surface area contributed by atoms with Crippen molar-refractivity contribution >= 4 is 5.97 Å². The zero-order valence-electron chi connectivity index (χ0n) is 27.6. The molecule has 0 saturated carbocycles. The van der Waals surface area contributed by atoms with E-state index in [-0.39, 0.29) is 23.7 Å². The molecule has 4 rings (SSSR count). The van der Waals surface area contributed by atoms with Crippen LogP contribution in [0.25, 0.3) is 0 Å². The van der Waals surface area contributed by atoms with Crippen molar-refractivity contribution in [1.29, 1.82) is 0 Å². The summed E-state index contributed by atoms with van der Waals surface area (Å²) in [6.07, 6.45) is 11.6. The number of allylic oxidation sites excluding steroid dienone is 5. The second-order valence-corrected chi connectivity index (χ2v) is 12.0. The molecule has 0 unspecified atom stereocenters. The number of carbonyl (C=O) groups excluding carboxylic acids is 1. The Morgan fingerprint density at radius 2 is 1.50 bits per heavy atom. The van der Waals surface area contributed by atoms with Crippen molar-refractivity contribution < 1.29 is 33.2 Å². The number of rotatable bonds is 14. The highest BCUT2D eigenvalue weighted by molar-refractivity contribution is 5.79. The van der Waals surface area contributed by atoms with E-state index in [1.807, 2.05) is 24.3 Å². The highest BCUT2D eigenvalue weighted by Gasteiger charge is 2.49. The Hall–Kier alpha value is -3.87. The summed E-state index contributed by atoms with van der Waals surface area (Å²) in [5.41, 5.74) is 6.97. The molecular formula is C37H48O7. The molecule has 7 heteroatoms. The molecule has 3 atom stereocenters. The highest BCUT2D eigenvalue weighted by atomic mass is 16.5. The number of esters is 1. The van der Waals surface area contributed by atoms with E-state index in [9.17, 15) is 4.79 Å². The van der Waals surface area contributed by atoms with Crippen molar-refractivity contribution in [3.63, 3.8) is 0 Å². The van der Waals surface area contributed by atoms with Crippen molar-refractivity contribution in [1.82, 2.24) is 0 Å². The van der Waals surface area contributed by atoms with Crippen molar-refractivity contribution in [2.45, 2.75) is 65.7 Å². The van der Waals surface area contributed by atoms with Crippen LogP contribution in [0.1, 0.15) is 76.0 Å². The Morgan fingerprint density at radius 3 is 2.16 bits per heavy atom. The number of methoxy groups -OCH3 is 4. The largest absolute Gasteiger partial charge is 0.493 e. The van der Waals surface area contributed by atoms with E-state index < -0.39 is 0 Å². The average molecular weight is 605 g/mol. The maximum absolute atomic E-state index is 13.2. The van der Waals surface area contributed by atoms with Crippen LogP contribution >= 0.6 is 0 Å². The number of carbonyl (C=O) groups is 1. The average Bonchev–Trinajstić information content (AvgIpc) is 3.38. The van der Waals surface area contributed by atoms with Crippen LogP contribution in [0.15, 0.2) is 59.2 Å². The first-order chi connectivity index (χ1) is 21.2. The molecule has 1 aliphatic heterocycles. The Bertz CT molecular complexity index is 1410. The van der Waals surface area contributed by atoms with E-state index in [4.69, 9.17) is 28.4 Å². The third kappa shape index (κ3) is 7.43. The highest BCUT2D eigenvalue weighted by Crippen LogP contribution is 2.55. The summed E-state index contributed by atoms with van der Waals surface area (Å²) in [5, 5.41) is 0. The quantitative estimate of drug-likeness (QED) is 0.160. The predicted molar refractivity (Wildman–Crippen MR) is 173 cm³/mol. The minimum Gasteiger partial charge on any atom is -0.493 e. The van der Waals surface area contributed by atoms with E-state index in [1.54, 1.807) is 28.4 Å². The predicted octanol–water partition coefficient (Wildman–Crippen LogP) is 8.00. The van der Waals surface area contributed by atoms with E-state index in [2.05, 4.69) is 45.9 Å². The van der Waals surface area contributed by atoms with E-state index in [0.717, 1.165) is 42.4 Å². The maximum atomic E-state index is 13.2. The fraction of sp³-hybridized carbons (Fsp3) is 0.486. The van der Waals surface area contributed by atoms with Gasteiger partial charge in [0.05, 0.1) is 41.0 Å². The summed E-state index contributed by atoms with van der Waals surface area (Å²) >= 11 is 0. The molecule has 1 aliphatic carbocycles. The number of benzene rings is 2. The molecule has 0 spiro atoms. The van der Waals surface area contributed by atoms with Gasteiger partial charge in [0.25, 0.3) is 0 Å². The Morgan fingerprint density at radius 1 is 0.818 bits per heavy atom. The second-order valence-electron chi connectivity index (χ2n) is 12.0. The van der Waals surface area contributed by atoms with E-state index in [1.165, 1.54) is 16.7 Å². The Kier molecular flexibility index (Phi) is 11.4. The Labute approximate surface area is 262 Å². The van der Waals surface area contributed by atoms with Gasteiger partial charge in [0, 0.05) is 17.4 Å². The zero-order chi connectivity index (χ0) is 31.8. The molecule has 1 heterocycles. The first-order valence-corrected chi connectivity index (χ1v) is 15.5. The molecule has 0 aromatic heterocycles. The van der Waals surface area contributed by atoms with Gasteiger partial charge in [0.15, 0.2) is 23.0 Å². The summed E-state index contributed by atoms with van der Waals surface area (Å²) in [5.74, 6) is 2.12. The summed E-state index contributed by atoms with van der Waals surface area (Å²) in [6, 6.07) is 7.88. The fourth-order valence-corrected chi connectivity index (χ4v) is 6.36. The van der Waals surface area contributed by atoms with Crippen molar-refractivity contribution in [2.75, 3.05) is 41.7 Å². The van der Waals surface area contributed by atoms with Crippen LogP contribution in [0.3, 0.4) is 0 Å². The number of cyclic esters (lactones) is 1. The molecule has 44 heavy (non-hydrogen) atoms. The van der Waals surface area contributed by atoms with Gasteiger partial charge in [0.1, 0.15) is 6.61 Å². The summed E-state index contributed by atoms with van der Waals surface area (Å²) in [6.45, 7) is 9.44. The third-order valence-corrected chi connectivity index (χ3v) is 8.67. The molecule has 1 saturated heterocycles. The van der Waals surface area contributed by atoms with E-state index >= 15 is 0 Å². The molecule has 238 valence electrons. The van der Waals surface area contributed by atoms with Gasteiger partial charge < -0.3 is 28.4 Å². The minimum atomic E-state index is -0.351. The van der Waals surface area contributed by atoms with Gasteiger partial charge in [0.2, 0.25) is 5.75 Å². The van der Waals surface area contributed by atoms with Crippen LogP contribution in [-0.2, 0) is 16.0 Å². The van der Waals surface area contributed by atoms with Crippen LogP contribution in [0.5, 0.6) is 28.7 Å². The van der Waals surface area contributed by atoms with Gasteiger partial charge in [-0.15, -0.1) is 0 Å². The lowest BCUT2D eigenvalue weighted by molar-refractivity contribution is -0.141. The molecule has 2 aromatic rings. The van der Waals surface area contributed by atoms with Crippen molar-refractivity contribution in [3.8, 4) is 28.7 Å². The molecule has 7 nitrogen and oxygen atoms in total. The second kappa shape index (κ2) is 15.2. The molecule has 0 bridgehead atoms. The number of hydrogen-bond acceptors (Lipinski definition) is 7. The summed E-state index contributed by atoms with van der Waals surface area (Å²) in [7, 11) is 6.46. The van der Waals surface area contributed by atoms with E-state index in [0.29, 0.717) is 48.4 Å². The lowest BCUT2D eigenvalue weighted by Crippen LogP contribution is -2.32. The maximum Gasteiger partial charge on any atom is 0.310 e. The first-order valence-electron chi connectivity index (χ1n) is 15.5. The van der Waals surface area contributed by atoms with Crippen LogP contribution < -0.4 is 23.7 Å². The number of hydrogen-bond donors (Lipinski definition) is 0. The summed E-state index contributed by atoms with van der Waals surface area (Å²) in [4.78, 5) is 13.2.